The Morgan fingerprint density at radius 2 is 1.49 bits per heavy atom. The Morgan fingerprint density at radius 1 is 0.829 bits per heavy atom. The van der Waals surface area contributed by atoms with Crippen LogP contribution in [0.15, 0.2) is 103 Å². The first-order valence-electron chi connectivity index (χ1n) is 11.5. The number of Topliss-reactive ketones (excluding diaryl/α,β-unsaturated/α-hetero) is 2. The second-order valence-electron chi connectivity index (χ2n) is 8.65. The molecule has 35 heavy (non-hydrogen) atoms. The van der Waals surface area contributed by atoms with Crippen molar-refractivity contribution in [2.45, 2.75) is 6.42 Å². The molecule has 0 N–H and O–H groups in total. The minimum Gasteiger partial charge on any atom is -0.298 e. The van der Waals surface area contributed by atoms with E-state index in [2.05, 4.69) is 0 Å². The van der Waals surface area contributed by atoms with Crippen LogP contribution in [0, 0.1) is 5.92 Å². The van der Waals surface area contributed by atoms with Gasteiger partial charge >= 0.3 is 0 Å². The van der Waals surface area contributed by atoms with Crippen LogP contribution in [0.1, 0.15) is 37.8 Å². The third-order valence-corrected chi connectivity index (χ3v) is 6.60. The van der Waals surface area contributed by atoms with E-state index in [9.17, 15) is 14.4 Å². The van der Waals surface area contributed by atoms with Crippen molar-refractivity contribution < 1.29 is 14.4 Å². The second-order valence-corrected chi connectivity index (χ2v) is 8.65. The lowest BCUT2D eigenvalue weighted by Crippen LogP contribution is -2.31. The van der Waals surface area contributed by atoms with Gasteiger partial charge in [0.05, 0.1) is 5.92 Å². The Hall–Kier alpha value is -4.64. The summed E-state index contributed by atoms with van der Waals surface area (Å²) >= 11 is 0. The van der Waals surface area contributed by atoms with Crippen LogP contribution in [0.3, 0.4) is 0 Å². The fourth-order valence-electron chi connectivity index (χ4n) is 4.81. The molecule has 1 atom stereocenters. The Balaban J connectivity index is 1.50. The molecule has 0 bridgehead atoms. The molecule has 5 nitrogen and oxygen atoms in total. The lowest BCUT2D eigenvalue weighted by Gasteiger charge is -2.24. The molecule has 0 amide bonds. The molecule has 1 heterocycles. The van der Waals surface area contributed by atoms with E-state index < -0.39 is 5.92 Å². The van der Waals surface area contributed by atoms with Gasteiger partial charge in [0.25, 0.3) is 0 Å². The van der Waals surface area contributed by atoms with E-state index in [1.807, 2.05) is 83.4 Å². The number of allylic oxidation sites excluding steroid dienone is 4. The van der Waals surface area contributed by atoms with Crippen molar-refractivity contribution in [1.29, 1.82) is 0 Å². The van der Waals surface area contributed by atoms with Crippen molar-refractivity contribution in [3.63, 3.8) is 0 Å². The number of hydrogen-bond donors (Lipinski definition) is 0. The van der Waals surface area contributed by atoms with Crippen LogP contribution in [0.4, 0.5) is 0 Å². The van der Waals surface area contributed by atoms with E-state index in [0.29, 0.717) is 29.1 Å². The van der Waals surface area contributed by atoms with Gasteiger partial charge in [-0.25, -0.2) is 4.98 Å². The summed E-state index contributed by atoms with van der Waals surface area (Å²) in [5.41, 5.74) is 5.26. The summed E-state index contributed by atoms with van der Waals surface area (Å²) in [6, 6.07) is 24.8. The summed E-state index contributed by atoms with van der Waals surface area (Å²) in [6.07, 6.45) is 6.83. The van der Waals surface area contributed by atoms with E-state index in [1.165, 1.54) is 0 Å². The fourth-order valence-corrected chi connectivity index (χ4v) is 4.81. The topological polar surface area (TPSA) is 69.0 Å². The van der Waals surface area contributed by atoms with E-state index in [4.69, 9.17) is 4.98 Å². The summed E-state index contributed by atoms with van der Waals surface area (Å²) in [5.74, 6) is -0.178. The van der Waals surface area contributed by atoms with Gasteiger partial charge in [-0.05, 0) is 29.7 Å². The summed E-state index contributed by atoms with van der Waals surface area (Å²) in [6.45, 7) is 0. The Bertz CT molecular complexity index is 1540. The summed E-state index contributed by atoms with van der Waals surface area (Å²) in [7, 11) is 0. The number of para-hydroxylation sites is 1. The van der Waals surface area contributed by atoms with Gasteiger partial charge in [-0.15, -0.1) is 0 Å². The zero-order chi connectivity index (χ0) is 23.9. The standard InChI is InChI=1S/C30H20N2O3/c33-18-19-10-12-20(13-11-19)21-14-16-22(17-15-21)30-31-26-27(32(30)23-6-2-1-3-7-23)29(35)25-9-5-4-8-24(25)28(26)34/h1-8,10-18,25H,9H2. The van der Waals surface area contributed by atoms with Crippen molar-refractivity contribution >= 4 is 17.9 Å². The highest BCUT2D eigenvalue weighted by molar-refractivity contribution is 6.23. The third kappa shape index (κ3) is 3.40. The average Bonchev–Trinajstić information content (AvgIpc) is 3.34. The molecule has 6 rings (SSSR count). The zero-order valence-electron chi connectivity index (χ0n) is 18.7. The maximum absolute atomic E-state index is 13.6. The number of aromatic nitrogens is 2. The van der Waals surface area contributed by atoms with Gasteiger partial charge in [-0.2, -0.15) is 0 Å². The number of imidazole rings is 1. The molecule has 1 unspecified atom stereocenters. The van der Waals surface area contributed by atoms with Crippen LogP contribution >= 0.6 is 0 Å². The minimum absolute atomic E-state index is 0.0790. The van der Waals surface area contributed by atoms with E-state index in [-0.39, 0.29) is 17.3 Å². The lowest BCUT2D eigenvalue weighted by molar-refractivity contribution is 0.0875. The number of carbonyl (C=O) groups is 3. The van der Waals surface area contributed by atoms with Crippen molar-refractivity contribution in [1.82, 2.24) is 9.55 Å². The normalized spacial score (nSPS) is 16.5. The summed E-state index contributed by atoms with van der Waals surface area (Å²) in [4.78, 5) is 42.7. The molecule has 0 spiro atoms. The fraction of sp³-hybridized carbons (Fsp3) is 0.0667. The van der Waals surface area contributed by atoms with Gasteiger partial charge in [0.15, 0.2) is 5.78 Å². The van der Waals surface area contributed by atoms with Crippen molar-refractivity contribution in [3.05, 3.63) is 120 Å². The van der Waals surface area contributed by atoms with Crippen molar-refractivity contribution in [2.75, 3.05) is 0 Å². The van der Waals surface area contributed by atoms with Crippen LogP contribution in [0.25, 0.3) is 28.2 Å². The highest BCUT2D eigenvalue weighted by atomic mass is 16.1. The van der Waals surface area contributed by atoms with Crippen LogP contribution in [-0.2, 0) is 0 Å². The third-order valence-electron chi connectivity index (χ3n) is 6.60. The maximum atomic E-state index is 13.6. The number of carbonyl (C=O) groups excluding carboxylic acids is 3. The number of nitrogens with zero attached hydrogens (tertiary/aromatic N) is 2. The molecular weight excluding hydrogens is 436 g/mol. The molecule has 0 saturated carbocycles. The predicted octanol–water partition coefficient (Wildman–Crippen LogP) is 5.90. The average molecular weight is 457 g/mol. The Kier molecular flexibility index (Phi) is 4.96. The Morgan fingerprint density at radius 3 is 2.17 bits per heavy atom. The van der Waals surface area contributed by atoms with E-state index >= 15 is 0 Å². The van der Waals surface area contributed by atoms with Gasteiger partial charge in [-0.1, -0.05) is 85.0 Å². The molecule has 168 valence electrons. The maximum Gasteiger partial charge on any atom is 0.210 e. The second kappa shape index (κ2) is 8.29. The molecule has 2 aliphatic carbocycles. The van der Waals surface area contributed by atoms with E-state index in [0.717, 1.165) is 28.7 Å². The number of aldehydes is 1. The smallest absolute Gasteiger partial charge is 0.210 e. The summed E-state index contributed by atoms with van der Waals surface area (Å²) in [5, 5.41) is 0. The van der Waals surface area contributed by atoms with E-state index in [1.54, 1.807) is 18.2 Å². The predicted molar refractivity (Wildman–Crippen MR) is 134 cm³/mol. The van der Waals surface area contributed by atoms with Gasteiger partial charge in [0.2, 0.25) is 5.78 Å². The van der Waals surface area contributed by atoms with Gasteiger partial charge in [0.1, 0.15) is 23.5 Å². The molecular formula is C30H20N2O3. The quantitative estimate of drug-likeness (QED) is 0.359. The van der Waals surface area contributed by atoms with Gasteiger partial charge in [0, 0.05) is 22.4 Å². The highest BCUT2D eigenvalue weighted by Gasteiger charge is 2.42. The molecule has 5 heteroatoms. The van der Waals surface area contributed by atoms with Crippen molar-refractivity contribution in [2.24, 2.45) is 5.92 Å². The molecule has 2 aliphatic rings. The molecule has 0 fully saturated rings. The van der Waals surface area contributed by atoms with Crippen LogP contribution in [0.2, 0.25) is 0 Å². The SMILES string of the molecule is O=Cc1ccc(-c2ccc(-c3nc4c(n3-c3ccccc3)C(=O)C3CC=CC=C3C4=O)cc2)cc1. The number of hydrogen-bond acceptors (Lipinski definition) is 4. The molecule has 3 aromatic carbocycles. The molecule has 1 aromatic heterocycles. The molecule has 0 saturated heterocycles. The largest absolute Gasteiger partial charge is 0.298 e. The van der Waals surface area contributed by atoms with Crippen LogP contribution < -0.4 is 0 Å². The molecule has 4 aromatic rings. The Labute approximate surface area is 202 Å². The molecule has 0 aliphatic heterocycles. The minimum atomic E-state index is -0.469. The zero-order valence-corrected chi connectivity index (χ0v) is 18.7. The van der Waals surface area contributed by atoms with Crippen LogP contribution in [-0.4, -0.2) is 27.4 Å². The monoisotopic (exact) mass is 456 g/mol. The van der Waals surface area contributed by atoms with Crippen LogP contribution in [0.5, 0.6) is 0 Å². The first-order chi connectivity index (χ1) is 17.2. The molecule has 0 radical (unpaired) electrons. The first kappa shape index (κ1) is 20.9. The first-order valence-corrected chi connectivity index (χ1v) is 11.5. The highest BCUT2D eigenvalue weighted by Crippen LogP contribution is 2.38. The van der Waals surface area contributed by atoms with Gasteiger partial charge in [-0.3, -0.25) is 19.0 Å². The number of rotatable bonds is 4. The number of ketones is 2. The van der Waals surface area contributed by atoms with Gasteiger partial charge < -0.3 is 0 Å². The van der Waals surface area contributed by atoms with Crippen molar-refractivity contribution in [3.8, 4) is 28.2 Å². The lowest BCUT2D eigenvalue weighted by atomic mass is 9.78. The number of fused-ring (bicyclic) bond motifs is 2. The number of benzene rings is 3. The summed E-state index contributed by atoms with van der Waals surface area (Å²) < 4.78 is 1.82.